The van der Waals surface area contributed by atoms with Gasteiger partial charge in [0.25, 0.3) is 0 Å². The highest BCUT2D eigenvalue weighted by Crippen LogP contribution is 2.19. The summed E-state index contributed by atoms with van der Waals surface area (Å²) in [6, 6.07) is 7.19. The first-order valence-corrected chi connectivity index (χ1v) is 3.77. The third kappa shape index (κ3) is 4.88. The molecule has 0 bridgehead atoms. The first-order valence-electron chi connectivity index (χ1n) is 3.01. The molecule has 0 aromatic heterocycles. The number of halogens is 2. The predicted molar refractivity (Wildman–Crippen MR) is 48.6 cm³/mol. The van der Waals surface area contributed by atoms with Crippen LogP contribution < -0.4 is 0 Å². The molecule has 0 aliphatic rings. The van der Waals surface area contributed by atoms with Crippen molar-refractivity contribution >= 4 is 35.8 Å². The van der Waals surface area contributed by atoms with Gasteiger partial charge in [-0.3, -0.25) is 9.59 Å². The second-order valence-corrected chi connectivity index (χ2v) is 2.50. The van der Waals surface area contributed by atoms with E-state index in [-0.39, 0.29) is 12.6 Å². The predicted octanol–water partition coefficient (Wildman–Crippen LogP) is 2.38. The van der Waals surface area contributed by atoms with Crippen molar-refractivity contribution in [3.05, 3.63) is 34.3 Å². The Balaban J connectivity index is 0.000000261. The average Bonchev–Trinajstić information content (AvgIpc) is 2.11. The number of hydrogen-bond donors (Lipinski definition) is 0. The van der Waals surface area contributed by atoms with E-state index in [0.29, 0.717) is 10.0 Å². The molecule has 0 unspecified atom stereocenters. The van der Waals surface area contributed by atoms with Crippen molar-refractivity contribution in [3.8, 4) is 0 Å². The van der Waals surface area contributed by atoms with E-state index in [0.717, 1.165) is 0 Å². The fraction of sp³-hybridized carbons (Fsp3) is 0. The van der Waals surface area contributed by atoms with Crippen LogP contribution in [0.3, 0.4) is 0 Å². The van der Waals surface area contributed by atoms with Crippen LogP contribution >= 0.6 is 23.2 Å². The van der Waals surface area contributed by atoms with Gasteiger partial charge in [0.05, 0.1) is 10.0 Å². The summed E-state index contributed by atoms with van der Waals surface area (Å²) in [7, 11) is 0. The van der Waals surface area contributed by atoms with E-state index >= 15 is 0 Å². The van der Waals surface area contributed by atoms with Gasteiger partial charge in [0.15, 0.2) is 12.6 Å². The lowest BCUT2D eigenvalue weighted by atomic mass is 10.4. The van der Waals surface area contributed by atoms with Crippen molar-refractivity contribution in [1.82, 2.24) is 0 Å². The lowest BCUT2D eigenvalue weighted by Crippen LogP contribution is -1.62. The number of aldehydes is 2. The summed E-state index contributed by atoms with van der Waals surface area (Å²) < 4.78 is 0. The Labute approximate surface area is 80.1 Å². The Morgan fingerprint density at radius 3 is 1.42 bits per heavy atom. The summed E-state index contributed by atoms with van der Waals surface area (Å²) in [6.07, 6.45) is 0.389. The van der Waals surface area contributed by atoms with Crippen molar-refractivity contribution in [2.45, 2.75) is 0 Å². The zero-order valence-electron chi connectivity index (χ0n) is 6.04. The molecular weight excluding hydrogens is 199 g/mol. The van der Waals surface area contributed by atoms with Crippen LogP contribution in [0.2, 0.25) is 10.0 Å². The molecule has 0 saturated heterocycles. The maximum Gasteiger partial charge on any atom is 0.182 e. The summed E-state index contributed by atoms with van der Waals surface area (Å²) in [6.45, 7) is 0. The third-order valence-corrected chi connectivity index (χ3v) is 1.64. The van der Waals surface area contributed by atoms with Gasteiger partial charge in [-0.05, 0) is 12.1 Å². The zero-order valence-corrected chi connectivity index (χ0v) is 7.55. The molecule has 0 radical (unpaired) electrons. The second-order valence-electron chi connectivity index (χ2n) is 1.69. The van der Waals surface area contributed by atoms with Gasteiger partial charge in [0.2, 0.25) is 0 Å². The molecular formula is C8H6Cl2O2. The molecule has 0 amide bonds. The van der Waals surface area contributed by atoms with Crippen molar-refractivity contribution in [2.75, 3.05) is 0 Å². The quantitative estimate of drug-likeness (QED) is 0.521. The van der Waals surface area contributed by atoms with Gasteiger partial charge in [-0.25, -0.2) is 0 Å². The molecule has 0 fully saturated rings. The minimum atomic E-state index is 0.194. The lowest BCUT2D eigenvalue weighted by Gasteiger charge is -1.88. The fourth-order valence-corrected chi connectivity index (χ4v) is 0.711. The molecule has 64 valence electrons. The highest BCUT2D eigenvalue weighted by molar-refractivity contribution is 6.41. The highest BCUT2D eigenvalue weighted by Gasteiger charge is 1.89. The zero-order chi connectivity index (χ0) is 9.40. The van der Waals surface area contributed by atoms with Crippen LogP contribution in [-0.4, -0.2) is 12.6 Å². The molecule has 0 N–H and O–H groups in total. The van der Waals surface area contributed by atoms with Gasteiger partial charge in [0.1, 0.15) is 0 Å². The minimum Gasteiger partial charge on any atom is -0.295 e. The fourth-order valence-electron chi connectivity index (χ4n) is 0.439. The standard InChI is InChI=1S/C6H4Cl2.C2H2O2/c7-5-3-1-2-4-6(5)8;3-1-2-4/h1-4H;1-2H. The normalized spacial score (nSPS) is 7.83. The van der Waals surface area contributed by atoms with E-state index in [2.05, 4.69) is 0 Å². The summed E-state index contributed by atoms with van der Waals surface area (Å²) in [4.78, 5) is 17.6. The molecule has 0 saturated carbocycles. The van der Waals surface area contributed by atoms with E-state index in [1.165, 1.54) is 0 Å². The SMILES string of the molecule is Clc1ccccc1Cl.O=CC=O. The van der Waals surface area contributed by atoms with Crippen LogP contribution in [0.15, 0.2) is 24.3 Å². The van der Waals surface area contributed by atoms with Crippen LogP contribution in [0.1, 0.15) is 0 Å². The second kappa shape index (κ2) is 6.83. The summed E-state index contributed by atoms with van der Waals surface area (Å²) in [5, 5.41) is 1.21. The van der Waals surface area contributed by atoms with E-state index < -0.39 is 0 Å². The van der Waals surface area contributed by atoms with Gasteiger partial charge < -0.3 is 0 Å². The number of carbonyl (C=O) groups excluding carboxylic acids is 2. The van der Waals surface area contributed by atoms with E-state index in [4.69, 9.17) is 32.8 Å². The molecule has 0 spiro atoms. The number of carbonyl (C=O) groups is 2. The lowest BCUT2D eigenvalue weighted by molar-refractivity contribution is -0.122. The number of benzene rings is 1. The average molecular weight is 205 g/mol. The molecule has 0 atom stereocenters. The first kappa shape index (κ1) is 11.1. The molecule has 4 heteroatoms. The smallest absolute Gasteiger partial charge is 0.182 e. The maximum absolute atomic E-state index is 8.81. The van der Waals surface area contributed by atoms with Crippen molar-refractivity contribution in [3.63, 3.8) is 0 Å². The van der Waals surface area contributed by atoms with Crippen molar-refractivity contribution in [2.24, 2.45) is 0 Å². The topological polar surface area (TPSA) is 34.1 Å². The molecule has 0 aliphatic carbocycles. The molecule has 1 aromatic rings. The van der Waals surface area contributed by atoms with Crippen LogP contribution in [0.5, 0.6) is 0 Å². The van der Waals surface area contributed by atoms with E-state index in [9.17, 15) is 0 Å². The van der Waals surface area contributed by atoms with Crippen LogP contribution in [0, 0.1) is 0 Å². The summed E-state index contributed by atoms with van der Waals surface area (Å²) >= 11 is 11.2. The Hall–Kier alpha value is -0.860. The number of rotatable bonds is 1. The van der Waals surface area contributed by atoms with Gasteiger partial charge in [0, 0.05) is 0 Å². The van der Waals surface area contributed by atoms with Crippen LogP contribution in [0.4, 0.5) is 0 Å². The molecule has 1 aromatic carbocycles. The molecule has 12 heavy (non-hydrogen) atoms. The summed E-state index contributed by atoms with van der Waals surface area (Å²) in [5.41, 5.74) is 0. The molecule has 1 rings (SSSR count). The first-order chi connectivity index (χ1) is 5.72. The van der Waals surface area contributed by atoms with Crippen LogP contribution in [-0.2, 0) is 9.59 Å². The maximum atomic E-state index is 8.81. The van der Waals surface area contributed by atoms with E-state index in [1.807, 2.05) is 12.1 Å². The van der Waals surface area contributed by atoms with Gasteiger partial charge in [-0.1, -0.05) is 35.3 Å². The third-order valence-electron chi connectivity index (χ3n) is 0.880. The van der Waals surface area contributed by atoms with Crippen molar-refractivity contribution in [1.29, 1.82) is 0 Å². The highest BCUT2D eigenvalue weighted by atomic mass is 35.5. The largest absolute Gasteiger partial charge is 0.295 e. The monoisotopic (exact) mass is 204 g/mol. The molecule has 0 aliphatic heterocycles. The van der Waals surface area contributed by atoms with Gasteiger partial charge in [-0.2, -0.15) is 0 Å². The van der Waals surface area contributed by atoms with E-state index in [1.54, 1.807) is 12.1 Å². The Kier molecular flexibility index (Phi) is 6.34. The molecule has 2 nitrogen and oxygen atoms in total. The Morgan fingerprint density at radius 1 is 0.917 bits per heavy atom. The Bertz CT molecular complexity index is 234. The van der Waals surface area contributed by atoms with Crippen LogP contribution in [0.25, 0.3) is 0 Å². The number of hydrogen-bond acceptors (Lipinski definition) is 2. The van der Waals surface area contributed by atoms with Gasteiger partial charge in [-0.15, -0.1) is 0 Å². The summed E-state index contributed by atoms with van der Waals surface area (Å²) in [5.74, 6) is 0. The molecule has 0 heterocycles. The van der Waals surface area contributed by atoms with Gasteiger partial charge >= 0.3 is 0 Å². The Morgan fingerprint density at radius 2 is 1.25 bits per heavy atom. The minimum absolute atomic E-state index is 0.194. The van der Waals surface area contributed by atoms with Crippen molar-refractivity contribution < 1.29 is 9.59 Å².